The summed E-state index contributed by atoms with van der Waals surface area (Å²) in [5.41, 5.74) is 1.49. The van der Waals surface area contributed by atoms with Crippen molar-refractivity contribution in [2.75, 3.05) is 19.6 Å². The predicted molar refractivity (Wildman–Crippen MR) is 101 cm³/mol. The maximum absolute atomic E-state index is 12.4. The molecule has 0 aliphatic heterocycles. The number of aromatic nitrogens is 1. The van der Waals surface area contributed by atoms with Crippen LogP contribution in [0, 0.1) is 4.64 Å². The van der Waals surface area contributed by atoms with Gasteiger partial charge >= 0.3 is 0 Å². The summed E-state index contributed by atoms with van der Waals surface area (Å²) in [5.74, 6) is -0.180. The van der Waals surface area contributed by atoms with Crippen LogP contribution in [0.5, 0.6) is 0 Å². The topological polar surface area (TPSA) is 48.1 Å². The average Bonchev–Trinajstić information content (AvgIpc) is 2.59. The number of carbonyl (C=O) groups excluding carboxylic acids is 1. The van der Waals surface area contributed by atoms with Gasteiger partial charge in [-0.2, -0.15) is 0 Å². The number of carbonyl (C=O) groups is 1. The fourth-order valence-corrected chi connectivity index (χ4v) is 3.22. The second-order valence-electron chi connectivity index (χ2n) is 5.38. The van der Waals surface area contributed by atoms with E-state index in [1.54, 1.807) is 18.3 Å². The Kier molecular flexibility index (Phi) is 6.97. The number of pyridine rings is 1. The third-order valence-corrected chi connectivity index (χ3v) is 4.72. The fraction of sp³-hybridized carbons (Fsp3) is 0.333. The lowest BCUT2D eigenvalue weighted by Gasteiger charge is -2.30. The maximum atomic E-state index is 12.4. The van der Waals surface area contributed by atoms with Gasteiger partial charge in [0.05, 0.1) is 11.6 Å². The van der Waals surface area contributed by atoms with Gasteiger partial charge in [-0.25, -0.2) is 0 Å². The molecule has 0 radical (unpaired) electrons. The number of hydrogen-bond donors (Lipinski definition) is 2. The van der Waals surface area contributed by atoms with E-state index in [9.17, 15) is 4.79 Å². The summed E-state index contributed by atoms with van der Waals surface area (Å²) in [4.78, 5) is 17.6. The van der Waals surface area contributed by atoms with Crippen LogP contribution in [-0.4, -0.2) is 35.4 Å². The van der Waals surface area contributed by atoms with Gasteiger partial charge in [0.1, 0.15) is 4.64 Å². The molecule has 0 saturated carbocycles. The van der Waals surface area contributed by atoms with Gasteiger partial charge in [-0.05, 0) is 36.9 Å². The minimum atomic E-state index is -0.180. The first-order chi connectivity index (χ1) is 11.6. The van der Waals surface area contributed by atoms with E-state index in [2.05, 4.69) is 29.0 Å². The summed E-state index contributed by atoms with van der Waals surface area (Å²) in [6.07, 6.45) is 1.71. The van der Waals surface area contributed by atoms with E-state index in [4.69, 9.17) is 23.8 Å². The van der Waals surface area contributed by atoms with E-state index in [-0.39, 0.29) is 11.9 Å². The fourth-order valence-electron chi connectivity index (χ4n) is 2.73. The predicted octanol–water partition coefficient (Wildman–Crippen LogP) is 4.21. The van der Waals surface area contributed by atoms with Crippen molar-refractivity contribution in [1.82, 2.24) is 15.2 Å². The second-order valence-corrected chi connectivity index (χ2v) is 6.20. The minimum Gasteiger partial charge on any atom is -0.352 e. The molecule has 1 atom stereocenters. The first-order valence-corrected chi connectivity index (χ1v) is 8.81. The lowest BCUT2D eigenvalue weighted by Crippen LogP contribution is -2.38. The zero-order valence-corrected chi connectivity index (χ0v) is 15.5. The Morgan fingerprint density at radius 3 is 2.58 bits per heavy atom. The molecule has 128 valence electrons. The molecule has 2 N–H and O–H groups in total. The smallest absolute Gasteiger partial charge is 0.254 e. The van der Waals surface area contributed by atoms with Gasteiger partial charge in [-0.1, -0.05) is 55.9 Å². The van der Waals surface area contributed by atoms with Gasteiger partial charge in [-0.3, -0.25) is 9.69 Å². The van der Waals surface area contributed by atoms with E-state index in [1.165, 1.54) is 0 Å². The Bertz CT molecular complexity index is 743. The van der Waals surface area contributed by atoms with Gasteiger partial charge in [-0.15, -0.1) is 0 Å². The van der Waals surface area contributed by atoms with Crippen LogP contribution in [-0.2, 0) is 0 Å². The highest BCUT2D eigenvalue weighted by molar-refractivity contribution is 7.71. The first-order valence-electron chi connectivity index (χ1n) is 8.02. The van der Waals surface area contributed by atoms with Gasteiger partial charge in [0.2, 0.25) is 0 Å². The number of benzene rings is 1. The number of rotatable bonds is 7. The van der Waals surface area contributed by atoms with Crippen LogP contribution in [0.2, 0.25) is 5.02 Å². The summed E-state index contributed by atoms with van der Waals surface area (Å²) < 4.78 is 0.437. The largest absolute Gasteiger partial charge is 0.352 e. The van der Waals surface area contributed by atoms with Crippen LogP contribution in [0.25, 0.3) is 0 Å². The number of amides is 1. The van der Waals surface area contributed by atoms with Gasteiger partial charge in [0.15, 0.2) is 0 Å². The van der Waals surface area contributed by atoms with Crippen LogP contribution < -0.4 is 5.32 Å². The summed E-state index contributed by atoms with van der Waals surface area (Å²) in [5, 5.41) is 3.70. The second kappa shape index (κ2) is 8.97. The highest BCUT2D eigenvalue weighted by atomic mass is 35.5. The van der Waals surface area contributed by atoms with Crippen molar-refractivity contribution in [2.24, 2.45) is 0 Å². The summed E-state index contributed by atoms with van der Waals surface area (Å²) >= 11 is 11.5. The van der Waals surface area contributed by atoms with Gasteiger partial charge < -0.3 is 10.3 Å². The molecule has 0 saturated heterocycles. The molecule has 1 aromatic carbocycles. The van der Waals surface area contributed by atoms with Crippen molar-refractivity contribution in [1.29, 1.82) is 0 Å². The number of nitrogens with one attached hydrogen (secondary N) is 2. The van der Waals surface area contributed by atoms with Crippen LogP contribution in [0.15, 0.2) is 42.6 Å². The molecule has 1 heterocycles. The number of halogens is 1. The molecule has 24 heavy (non-hydrogen) atoms. The van der Waals surface area contributed by atoms with E-state index >= 15 is 0 Å². The molecule has 4 nitrogen and oxygen atoms in total. The SMILES string of the molecule is CCN(CC)[C@H](CNC(=O)c1ccc[nH]c1=S)c1ccccc1Cl. The molecular weight excluding hydrogens is 342 g/mol. The summed E-state index contributed by atoms with van der Waals surface area (Å²) in [6, 6.07) is 11.3. The molecule has 0 unspecified atom stereocenters. The standard InChI is InChI=1S/C18H22ClN3OS/c1-3-22(4-2)16(13-8-5-6-10-15(13)19)12-21-17(23)14-9-7-11-20-18(14)24/h5-11,16H,3-4,12H2,1-2H3,(H,20,24)(H,21,23)/t16-/m1/s1. The van der Waals surface area contributed by atoms with E-state index < -0.39 is 0 Å². The van der Waals surface area contributed by atoms with Crippen LogP contribution in [0.4, 0.5) is 0 Å². The zero-order valence-electron chi connectivity index (χ0n) is 13.9. The summed E-state index contributed by atoms with van der Waals surface area (Å²) in [7, 11) is 0. The number of likely N-dealkylation sites (N-methyl/N-ethyl adjacent to an activating group) is 1. The molecule has 2 rings (SSSR count). The molecule has 6 heteroatoms. The maximum Gasteiger partial charge on any atom is 0.254 e. The molecule has 0 spiro atoms. The average molecular weight is 364 g/mol. The molecule has 0 fully saturated rings. The van der Waals surface area contributed by atoms with Crippen LogP contribution in [0.1, 0.15) is 35.8 Å². The molecule has 0 aliphatic carbocycles. The van der Waals surface area contributed by atoms with E-state index in [0.29, 0.717) is 21.8 Å². The van der Waals surface area contributed by atoms with Crippen molar-refractivity contribution in [2.45, 2.75) is 19.9 Å². The van der Waals surface area contributed by atoms with E-state index in [1.807, 2.05) is 24.3 Å². The minimum absolute atomic E-state index is 0.0129. The quantitative estimate of drug-likeness (QED) is 0.724. The number of hydrogen-bond acceptors (Lipinski definition) is 3. The van der Waals surface area contributed by atoms with Crippen molar-refractivity contribution in [3.63, 3.8) is 0 Å². The van der Waals surface area contributed by atoms with E-state index in [0.717, 1.165) is 18.7 Å². The monoisotopic (exact) mass is 363 g/mol. The van der Waals surface area contributed by atoms with Crippen molar-refractivity contribution in [3.8, 4) is 0 Å². The third-order valence-electron chi connectivity index (χ3n) is 4.04. The van der Waals surface area contributed by atoms with Crippen molar-refractivity contribution < 1.29 is 4.79 Å². The Balaban J connectivity index is 2.20. The number of nitrogens with zero attached hydrogens (tertiary/aromatic N) is 1. The van der Waals surface area contributed by atoms with Gasteiger partial charge in [0.25, 0.3) is 5.91 Å². The Labute approximate surface area is 152 Å². The Hall–Kier alpha value is -1.69. The highest BCUT2D eigenvalue weighted by Gasteiger charge is 2.21. The first kappa shape index (κ1) is 18.6. The molecule has 1 amide bonds. The molecule has 1 aromatic heterocycles. The number of H-pyrrole nitrogens is 1. The lowest BCUT2D eigenvalue weighted by molar-refractivity contribution is 0.0934. The summed E-state index contributed by atoms with van der Waals surface area (Å²) in [6.45, 7) is 6.40. The zero-order chi connectivity index (χ0) is 17.5. The lowest BCUT2D eigenvalue weighted by atomic mass is 10.0. The third kappa shape index (κ3) is 4.44. The molecule has 0 aliphatic rings. The Morgan fingerprint density at radius 1 is 1.25 bits per heavy atom. The van der Waals surface area contributed by atoms with Crippen molar-refractivity contribution >= 4 is 29.7 Å². The van der Waals surface area contributed by atoms with Crippen LogP contribution in [0.3, 0.4) is 0 Å². The number of aromatic amines is 1. The molecule has 0 bridgehead atoms. The van der Waals surface area contributed by atoms with Gasteiger partial charge in [0, 0.05) is 17.8 Å². The molecule has 2 aromatic rings. The normalized spacial score (nSPS) is 12.2. The van der Waals surface area contributed by atoms with Crippen molar-refractivity contribution in [3.05, 3.63) is 63.4 Å². The Morgan fingerprint density at radius 2 is 1.96 bits per heavy atom. The van der Waals surface area contributed by atoms with Crippen LogP contribution >= 0.6 is 23.8 Å². The molecular formula is C18H22ClN3OS. The highest BCUT2D eigenvalue weighted by Crippen LogP contribution is 2.27.